The first-order valence-electron chi connectivity index (χ1n) is 10.0. The van der Waals surface area contributed by atoms with Gasteiger partial charge in [0.05, 0.1) is 11.6 Å². The molecule has 1 atom stereocenters. The Morgan fingerprint density at radius 2 is 1.42 bits per heavy atom. The van der Waals surface area contributed by atoms with Crippen molar-refractivity contribution in [2.75, 3.05) is 0 Å². The van der Waals surface area contributed by atoms with Crippen LogP contribution < -0.4 is 0 Å². The minimum Gasteiger partial charge on any atom is -0.503 e. The van der Waals surface area contributed by atoms with E-state index in [9.17, 15) is 19.8 Å². The Morgan fingerprint density at radius 1 is 0.871 bits per heavy atom. The van der Waals surface area contributed by atoms with Crippen molar-refractivity contribution in [1.82, 2.24) is 4.90 Å². The normalized spacial score (nSPS) is 16.1. The highest BCUT2D eigenvalue weighted by Crippen LogP contribution is 2.43. The van der Waals surface area contributed by atoms with Crippen LogP contribution in [0.4, 0.5) is 0 Å². The zero-order valence-corrected chi connectivity index (χ0v) is 17.4. The van der Waals surface area contributed by atoms with Crippen LogP contribution in [0.2, 0.25) is 0 Å². The van der Waals surface area contributed by atoms with E-state index in [0.717, 1.165) is 27.8 Å². The smallest absolute Gasteiger partial charge is 0.335 e. The van der Waals surface area contributed by atoms with Gasteiger partial charge in [-0.2, -0.15) is 0 Å². The molecule has 1 aliphatic heterocycles. The van der Waals surface area contributed by atoms with E-state index in [1.165, 1.54) is 12.1 Å². The molecule has 0 spiro atoms. The Balaban J connectivity index is 1.80. The minimum absolute atomic E-state index is 0.170. The summed E-state index contributed by atoms with van der Waals surface area (Å²) in [6.45, 7) is 4.30. The van der Waals surface area contributed by atoms with Crippen molar-refractivity contribution in [3.05, 3.63) is 112 Å². The molecule has 3 aromatic rings. The molecule has 0 aliphatic carbocycles. The maximum atomic E-state index is 13.1. The first-order valence-corrected chi connectivity index (χ1v) is 10.0. The maximum absolute atomic E-state index is 13.1. The molecule has 0 radical (unpaired) electrons. The molecular weight excluding hydrogens is 390 g/mol. The number of hydrogen-bond acceptors (Lipinski definition) is 3. The number of carboxylic acid groups (broad SMARTS) is 1. The molecule has 1 heterocycles. The van der Waals surface area contributed by atoms with Gasteiger partial charge in [-0.1, -0.05) is 71.8 Å². The topological polar surface area (TPSA) is 77.8 Å². The quantitative estimate of drug-likeness (QED) is 0.613. The number of amides is 1. The molecular formula is C26H23NO4. The van der Waals surface area contributed by atoms with E-state index in [4.69, 9.17) is 0 Å². The average Bonchev–Trinajstić information content (AvgIpc) is 3.01. The van der Waals surface area contributed by atoms with Crippen molar-refractivity contribution in [3.63, 3.8) is 0 Å². The Hall–Kier alpha value is -3.86. The highest BCUT2D eigenvalue weighted by Gasteiger charge is 2.41. The zero-order valence-electron chi connectivity index (χ0n) is 17.4. The monoisotopic (exact) mass is 413 g/mol. The molecule has 156 valence electrons. The molecule has 0 saturated heterocycles. The number of nitrogens with zero attached hydrogens (tertiary/aromatic N) is 1. The Morgan fingerprint density at radius 3 is 1.97 bits per heavy atom. The first-order chi connectivity index (χ1) is 14.8. The van der Waals surface area contributed by atoms with E-state index in [-0.39, 0.29) is 11.3 Å². The molecule has 5 nitrogen and oxygen atoms in total. The maximum Gasteiger partial charge on any atom is 0.335 e. The summed E-state index contributed by atoms with van der Waals surface area (Å²) >= 11 is 0. The molecule has 0 fully saturated rings. The van der Waals surface area contributed by atoms with Gasteiger partial charge in [0, 0.05) is 12.1 Å². The fourth-order valence-electron chi connectivity index (χ4n) is 3.89. The number of carbonyl (C=O) groups excluding carboxylic acids is 1. The van der Waals surface area contributed by atoms with Gasteiger partial charge >= 0.3 is 5.97 Å². The predicted octanol–water partition coefficient (Wildman–Crippen LogP) is 5.05. The van der Waals surface area contributed by atoms with Crippen molar-refractivity contribution in [2.45, 2.75) is 26.4 Å². The number of rotatable bonds is 5. The van der Waals surface area contributed by atoms with Gasteiger partial charge in [0.15, 0.2) is 5.76 Å². The molecule has 1 aliphatic rings. The summed E-state index contributed by atoms with van der Waals surface area (Å²) in [5.74, 6) is -1.73. The van der Waals surface area contributed by atoms with Crippen LogP contribution >= 0.6 is 0 Å². The SMILES string of the molecule is Cc1ccc(CN2C(=O)C(O)=C(c3ccc(C)cc3)[C@H]2c2ccc(C(=O)O)cc2)cc1. The number of hydrogen-bond donors (Lipinski definition) is 2. The summed E-state index contributed by atoms with van der Waals surface area (Å²) in [7, 11) is 0. The van der Waals surface area contributed by atoms with Crippen LogP contribution in [-0.2, 0) is 11.3 Å². The lowest BCUT2D eigenvalue weighted by Gasteiger charge is -2.27. The van der Waals surface area contributed by atoms with Crippen LogP contribution in [0.15, 0.2) is 78.6 Å². The van der Waals surface area contributed by atoms with Crippen LogP contribution in [0.1, 0.15) is 44.2 Å². The van der Waals surface area contributed by atoms with E-state index >= 15 is 0 Å². The van der Waals surface area contributed by atoms with Crippen LogP contribution in [0.5, 0.6) is 0 Å². The molecule has 31 heavy (non-hydrogen) atoms. The van der Waals surface area contributed by atoms with Gasteiger partial charge in [-0.15, -0.1) is 0 Å². The Bertz CT molecular complexity index is 1160. The highest BCUT2D eigenvalue weighted by molar-refractivity contribution is 6.05. The molecule has 2 N–H and O–H groups in total. The van der Waals surface area contributed by atoms with Gasteiger partial charge in [0.1, 0.15) is 0 Å². The molecule has 3 aromatic carbocycles. The van der Waals surface area contributed by atoms with Gasteiger partial charge < -0.3 is 15.1 Å². The lowest BCUT2D eigenvalue weighted by molar-refractivity contribution is -0.130. The fraction of sp³-hybridized carbons (Fsp3) is 0.154. The van der Waals surface area contributed by atoms with Crippen molar-refractivity contribution < 1.29 is 19.8 Å². The van der Waals surface area contributed by atoms with E-state index < -0.39 is 17.9 Å². The van der Waals surface area contributed by atoms with Crippen LogP contribution in [0.3, 0.4) is 0 Å². The Labute approximate surface area is 180 Å². The van der Waals surface area contributed by atoms with E-state index in [2.05, 4.69) is 0 Å². The molecule has 1 amide bonds. The minimum atomic E-state index is -1.01. The summed E-state index contributed by atoms with van der Waals surface area (Å²) in [5, 5.41) is 20.1. The van der Waals surface area contributed by atoms with Gasteiger partial charge in [-0.05, 0) is 42.7 Å². The number of aliphatic hydroxyl groups excluding tert-OH is 1. The second-order valence-corrected chi connectivity index (χ2v) is 7.88. The fourth-order valence-corrected chi connectivity index (χ4v) is 3.89. The standard InChI is InChI=1S/C26H23NO4/c1-16-3-7-18(8-4-16)15-27-23(20-11-13-21(14-12-20)26(30)31)22(24(28)25(27)29)19-9-5-17(2)6-10-19/h3-14,23,28H,15H2,1-2H3,(H,30,31)/t23-/m1/s1. The van der Waals surface area contributed by atoms with Gasteiger partial charge in [-0.25, -0.2) is 4.79 Å². The van der Waals surface area contributed by atoms with Crippen molar-refractivity contribution in [1.29, 1.82) is 0 Å². The summed E-state index contributed by atoms with van der Waals surface area (Å²) in [6.07, 6.45) is 0. The Kier molecular flexibility index (Phi) is 5.34. The van der Waals surface area contributed by atoms with Gasteiger partial charge in [-0.3, -0.25) is 4.79 Å². The molecule has 0 bridgehead atoms. The van der Waals surface area contributed by atoms with Crippen LogP contribution in [-0.4, -0.2) is 27.0 Å². The molecule has 0 aromatic heterocycles. The number of benzene rings is 3. The lowest BCUT2D eigenvalue weighted by atomic mass is 9.92. The number of aliphatic hydroxyl groups is 1. The number of carboxylic acids is 1. The third kappa shape index (κ3) is 3.94. The third-order valence-electron chi connectivity index (χ3n) is 5.61. The summed E-state index contributed by atoms with van der Waals surface area (Å²) < 4.78 is 0. The van der Waals surface area contributed by atoms with Crippen molar-refractivity contribution in [2.24, 2.45) is 0 Å². The number of carbonyl (C=O) groups is 2. The molecule has 5 heteroatoms. The molecule has 0 unspecified atom stereocenters. The predicted molar refractivity (Wildman–Crippen MR) is 119 cm³/mol. The number of aryl methyl sites for hydroxylation is 2. The second kappa shape index (κ2) is 8.11. The van der Waals surface area contributed by atoms with E-state index in [0.29, 0.717) is 12.1 Å². The van der Waals surface area contributed by atoms with E-state index in [1.807, 2.05) is 62.4 Å². The van der Waals surface area contributed by atoms with Crippen molar-refractivity contribution in [3.8, 4) is 0 Å². The third-order valence-corrected chi connectivity index (χ3v) is 5.61. The summed E-state index contributed by atoms with van der Waals surface area (Å²) in [4.78, 5) is 26.0. The number of aromatic carboxylic acids is 1. The van der Waals surface area contributed by atoms with Crippen LogP contribution in [0, 0.1) is 13.8 Å². The highest BCUT2D eigenvalue weighted by atomic mass is 16.4. The zero-order chi connectivity index (χ0) is 22.1. The van der Waals surface area contributed by atoms with Gasteiger partial charge in [0.2, 0.25) is 0 Å². The molecule has 0 saturated carbocycles. The summed E-state index contributed by atoms with van der Waals surface area (Å²) in [5.41, 5.74) is 5.35. The lowest BCUT2D eigenvalue weighted by Crippen LogP contribution is -2.29. The second-order valence-electron chi connectivity index (χ2n) is 7.88. The van der Waals surface area contributed by atoms with E-state index in [1.54, 1.807) is 17.0 Å². The average molecular weight is 413 g/mol. The van der Waals surface area contributed by atoms with Gasteiger partial charge in [0.25, 0.3) is 5.91 Å². The largest absolute Gasteiger partial charge is 0.503 e. The first kappa shape index (κ1) is 20.4. The van der Waals surface area contributed by atoms with Crippen LogP contribution in [0.25, 0.3) is 5.57 Å². The van der Waals surface area contributed by atoms with Crippen molar-refractivity contribution >= 4 is 17.4 Å². The molecule has 4 rings (SSSR count). The summed E-state index contributed by atoms with van der Waals surface area (Å²) in [6, 6.07) is 21.5.